The molecule has 3 aromatic rings. The summed E-state index contributed by atoms with van der Waals surface area (Å²) in [5.41, 5.74) is 2.58. The van der Waals surface area contributed by atoms with E-state index in [0.717, 1.165) is 29.4 Å². The lowest BCUT2D eigenvalue weighted by molar-refractivity contribution is -0.00301. The van der Waals surface area contributed by atoms with Crippen LogP contribution in [0.1, 0.15) is 35.0 Å². The van der Waals surface area contributed by atoms with Crippen LogP contribution in [0, 0.1) is 0 Å². The van der Waals surface area contributed by atoms with Crippen LogP contribution in [-0.2, 0) is 11.8 Å². The zero-order valence-corrected chi connectivity index (χ0v) is 14.1. The van der Waals surface area contributed by atoms with Gasteiger partial charge >= 0.3 is 0 Å². The lowest BCUT2D eigenvalue weighted by Gasteiger charge is -2.30. The lowest BCUT2D eigenvalue weighted by atomic mass is 10.0. The second kappa shape index (κ2) is 6.64. The number of ether oxygens (including phenoxy) is 1. The molecule has 128 valence electrons. The molecule has 4 rings (SSSR count). The number of carbonyl (C=O) groups excluding carboxylic acids is 1. The molecule has 0 aliphatic carbocycles. The van der Waals surface area contributed by atoms with Gasteiger partial charge in [0.05, 0.1) is 23.7 Å². The van der Waals surface area contributed by atoms with Gasteiger partial charge in [0.25, 0.3) is 5.91 Å². The van der Waals surface area contributed by atoms with Crippen molar-refractivity contribution in [2.24, 2.45) is 7.05 Å². The monoisotopic (exact) mass is 336 g/mol. The molecule has 0 bridgehead atoms. The zero-order chi connectivity index (χ0) is 17.2. The van der Waals surface area contributed by atoms with Gasteiger partial charge in [0.1, 0.15) is 6.10 Å². The van der Waals surface area contributed by atoms with Gasteiger partial charge in [-0.3, -0.25) is 9.78 Å². The molecule has 1 amide bonds. The van der Waals surface area contributed by atoms with Gasteiger partial charge in [-0.2, -0.15) is 0 Å². The van der Waals surface area contributed by atoms with E-state index in [4.69, 9.17) is 4.74 Å². The number of fused-ring (bicyclic) bond motifs is 1. The maximum Gasteiger partial charge on any atom is 0.251 e. The first-order valence-electron chi connectivity index (χ1n) is 8.44. The Balaban J connectivity index is 1.47. The molecule has 1 N–H and O–H groups in total. The van der Waals surface area contributed by atoms with Crippen LogP contribution in [0.3, 0.4) is 0 Å². The second-order valence-electron chi connectivity index (χ2n) is 6.39. The average Bonchev–Trinajstić information content (AvgIpc) is 3.07. The molecule has 0 spiro atoms. The smallest absolute Gasteiger partial charge is 0.251 e. The minimum Gasteiger partial charge on any atom is -0.372 e. The van der Waals surface area contributed by atoms with E-state index in [1.807, 2.05) is 48.1 Å². The number of hydrogen-bond acceptors (Lipinski definition) is 4. The van der Waals surface area contributed by atoms with Crippen LogP contribution in [0.15, 0.2) is 49.1 Å². The predicted octanol–water partition coefficient (Wildman–Crippen LogP) is 2.62. The summed E-state index contributed by atoms with van der Waals surface area (Å²) in [5.74, 6) is -0.0543. The SMILES string of the molecule is Cn1cncc1[C@H]1C[C@H](NC(=O)c2ccc3ncccc3c2)CCO1. The molecule has 3 heterocycles. The lowest BCUT2D eigenvalue weighted by Crippen LogP contribution is -2.40. The molecule has 2 atom stereocenters. The van der Waals surface area contributed by atoms with Crippen LogP contribution in [0.5, 0.6) is 0 Å². The Morgan fingerprint density at radius 3 is 3.12 bits per heavy atom. The molecule has 2 aromatic heterocycles. The van der Waals surface area contributed by atoms with Crippen LogP contribution in [0.4, 0.5) is 0 Å². The second-order valence-corrected chi connectivity index (χ2v) is 6.39. The molecule has 0 saturated carbocycles. The van der Waals surface area contributed by atoms with E-state index in [2.05, 4.69) is 15.3 Å². The van der Waals surface area contributed by atoms with E-state index >= 15 is 0 Å². The normalized spacial score (nSPS) is 20.5. The first-order valence-corrected chi connectivity index (χ1v) is 8.44. The third kappa shape index (κ3) is 3.25. The Kier molecular flexibility index (Phi) is 4.19. The number of aromatic nitrogens is 3. The van der Waals surface area contributed by atoms with Gasteiger partial charge in [-0.1, -0.05) is 6.07 Å². The number of imidazole rings is 1. The third-order valence-corrected chi connectivity index (χ3v) is 4.67. The summed E-state index contributed by atoms with van der Waals surface area (Å²) in [7, 11) is 1.96. The van der Waals surface area contributed by atoms with Crippen LogP contribution >= 0.6 is 0 Å². The summed E-state index contributed by atoms with van der Waals surface area (Å²) in [6.07, 6.45) is 6.88. The van der Waals surface area contributed by atoms with Crippen LogP contribution in [-0.4, -0.2) is 33.1 Å². The molecule has 1 aliphatic heterocycles. The summed E-state index contributed by atoms with van der Waals surface area (Å²) in [5, 5.41) is 4.11. The highest BCUT2D eigenvalue weighted by atomic mass is 16.5. The van der Waals surface area contributed by atoms with E-state index in [1.54, 1.807) is 12.5 Å². The molecule has 1 aromatic carbocycles. The molecular formula is C19H20N4O2. The Morgan fingerprint density at radius 2 is 2.28 bits per heavy atom. The van der Waals surface area contributed by atoms with Gasteiger partial charge in [0, 0.05) is 36.8 Å². The summed E-state index contributed by atoms with van der Waals surface area (Å²) < 4.78 is 7.82. The molecule has 6 heteroatoms. The molecule has 0 radical (unpaired) electrons. The fourth-order valence-corrected chi connectivity index (χ4v) is 3.30. The first-order chi connectivity index (χ1) is 12.2. The number of rotatable bonds is 3. The van der Waals surface area contributed by atoms with Crippen molar-refractivity contribution in [3.63, 3.8) is 0 Å². The summed E-state index contributed by atoms with van der Waals surface area (Å²) >= 11 is 0. The maximum absolute atomic E-state index is 12.6. The number of amides is 1. The Hall–Kier alpha value is -2.73. The molecule has 25 heavy (non-hydrogen) atoms. The van der Waals surface area contributed by atoms with Crippen molar-refractivity contribution >= 4 is 16.8 Å². The summed E-state index contributed by atoms with van der Waals surface area (Å²) in [4.78, 5) is 21.1. The quantitative estimate of drug-likeness (QED) is 0.798. The van der Waals surface area contributed by atoms with Crippen molar-refractivity contribution in [3.8, 4) is 0 Å². The van der Waals surface area contributed by atoms with Gasteiger partial charge in [-0.05, 0) is 37.1 Å². The predicted molar refractivity (Wildman–Crippen MR) is 94.1 cm³/mol. The Labute approximate surface area is 145 Å². The van der Waals surface area contributed by atoms with Crippen molar-refractivity contribution in [2.75, 3.05) is 6.61 Å². The van der Waals surface area contributed by atoms with E-state index in [-0.39, 0.29) is 18.1 Å². The van der Waals surface area contributed by atoms with Crippen LogP contribution in [0.25, 0.3) is 10.9 Å². The van der Waals surface area contributed by atoms with E-state index in [9.17, 15) is 4.79 Å². The number of pyridine rings is 1. The Bertz CT molecular complexity index is 905. The molecule has 0 unspecified atom stereocenters. The number of carbonyl (C=O) groups is 1. The molecule has 1 saturated heterocycles. The van der Waals surface area contributed by atoms with Gasteiger partial charge in [0.15, 0.2) is 0 Å². The Morgan fingerprint density at radius 1 is 1.36 bits per heavy atom. The molecule has 1 aliphatic rings. The van der Waals surface area contributed by atoms with E-state index in [0.29, 0.717) is 12.2 Å². The van der Waals surface area contributed by atoms with E-state index in [1.165, 1.54) is 0 Å². The average molecular weight is 336 g/mol. The van der Waals surface area contributed by atoms with Crippen molar-refractivity contribution in [1.29, 1.82) is 0 Å². The summed E-state index contributed by atoms with van der Waals surface area (Å²) in [6.45, 7) is 0.627. The van der Waals surface area contributed by atoms with Gasteiger partial charge < -0.3 is 14.6 Å². The van der Waals surface area contributed by atoms with Crippen LogP contribution in [0.2, 0.25) is 0 Å². The molecule has 6 nitrogen and oxygen atoms in total. The van der Waals surface area contributed by atoms with Crippen LogP contribution < -0.4 is 5.32 Å². The minimum atomic E-state index is -0.0543. The van der Waals surface area contributed by atoms with Gasteiger partial charge in [0.2, 0.25) is 0 Å². The third-order valence-electron chi connectivity index (χ3n) is 4.67. The highest BCUT2D eigenvalue weighted by Gasteiger charge is 2.27. The maximum atomic E-state index is 12.6. The molecular weight excluding hydrogens is 316 g/mol. The standard InChI is InChI=1S/C19H20N4O2/c1-23-12-20-11-17(23)18-10-15(6-8-25-18)22-19(24)14-4-5-16-13(9-14)3-2-7-21-16/h2-5,7,9,11-12,15,18H,6,8,10H2,1H3,(H,22,24)/t15-,18-/m1/s1. The summed E-state index contributed by atoms with van der Waals surface area (Å²) in [6, 6.07) is 9.52. The number of nitrogens with zero attached hydrogens (tertiary/aromatic N) is 3. The number of benzene rings is 1. The van der Waals surface area contributed by atoms with Crippen molar-refractivity contribution in [1.82, 2.24) is 19.9 Å². The fraction of sp³-hybridized carbons (Fsp3) is 0.316. The largest absolute Gasteiger partial charge is 0.372 e. The number of aryl methyl sites for hydroxylation is 1. The molecule has 1 fully saturated rings. The number of hydrogen-bond donors (Lipinski definition) is 1. The highest BCUT2D eigenvalue weighted by Crippen LogP contribution is 2.27. The van der Waals surface area contributed by atoms with E-state index < -0.39 is 0 Å². The first kappa shape index (κ1) is 15.8. The van der Waals surface area contributed by atoms with Crippen molar-refractivity contribution < 1.29 is 9.53 Å². The van der Waals surface area contributed by atoms with Crippen molar-refractivity contribution in [3.05, 3.63) is 60.3 Å². The minimum absolute atomic E-state index is 0.0349. The van der Waals surface area contributed by atoms with Crippen molar-refractivity contribution in [2.45, 2.75) is 25.0 Å². The zero-order valence-electron chi connectivity index (χ0n) is 14.1. The number of nitrogens with one attached hydrogen (secondary N) is 1. The fourth-order valence-electron chi connectivity index (χ4n) is 3.30. The van der Waals surface area contributed by atoms with Gasteiger partial charge in [-0.25, -0.2) is 4.98 Å². The highest BCUT2D eigenvalue weighted by molar-refractivity contribution is 5.98. The topological polar surface area (TPSA) is 69.0 Å². The van der Waals surface area contributed by atoms with Gasteiger partial charge in [-0.15, -0.1) is 0 Å².